The van der Waals surface area contributed by atoms with Gasteiger partial charge in [-0.05, 0) is 31.9 Å². The van der Waals surface area contributed by atoms with Gasteiger partial charge in [0.1, 0.15) is 5.54 Å². The molecule has 1 amide bonds. The lowest BCUT2D eigenvalue weighted by Crippen LogP contribution is -2.51. The minimum atomic E-state index is -0.735. The molecule has 0 aromatic heterocycles. The van der Waals surface area contributed by atoms with E-state index >= 15 is 0 Å². The number of carbonyl (C=O) groups excluding carboxylic acids is 1. The fourth-order valence-corrected chi connectivity index (χ4v) is 3.30. The third-order valence-corrected chi connectivity index (χ3v) is 4.49. The van der Waals surface area contributed by atoms with Crippen molar-refractivity contribution >= 4 is 11.6 Å². The molecule has 0 spiro atoms. The monoisotopic (exact) mass is 329 g/mol. The number of nitriles is 1. The normalized spacial score (nSPS) is 18.0. The lowest BCUT2D eigenvalue weighted by Gasteiger charge is -2.30. The van der Waals surface area contributed by atoms with Crippen molar-refractivity contribution < 1.29 is 9.90 Å². The first-order chi connectivity index (χ1) is 11.5. The zero-order valence-electron chi connectivity index (χ0n) is 14.4. The molecule has 1 atom stereocenters. The molecule has 0 bridgehead atoms. The number of nitrogens with one attached hydrogen (secondary N) is 1. The Hall–Kier alpha value is -2.06. The average molecular weight is 329 g/mol. The van der Waals surface area contributed by atoms with E-state index in [-0.39, 0.29) is 12.5 Å². The van der Waals surface area contributed by atoms with E-state index in [0.29, 0.717) is 6.54 Å². The van der Waals surface area contributed by atoms with Crippen LogP contribution in [0.5, 0.6) is 0 Å². The van der Waals surface area contributed by atoms with E-state index in [2.05, 4.69) is 11.4 Å². The van der Waals surface area contributed by atoms with E-state index in [9.17, 15) is 15.2 Å². The first-order valence-electron chi connectivity index (χ1n) is 8.75. The van der Waals surface area contributed by atoms with Crippen molar-refractivity contribution in [3.63, 3.8) is 0 Å². The number of aliphatic hydroxyl groups excluding tert-OH is 1. The lowest BCUT2D eigenvalue weighted by molar-refractivity contribution is -0.121. The Morgan fingerprint density at radius 2 is 1.92 bits per heavy atom. The van der Waals surface area contributed by atoms with E-state index in [1.165, 1.54) is 0 Å². The van der Waals surface area contributed by atoms with Gasteiger partial charge in [-0.25, -0.2) is 0 Å². The zero-order chi connectivity index (χ0) is 17.4. The zero-order valence-corrected chi connectivity index (χ0v) is 14.4. The Morgan fingerprint density at radius 1 is 1.29 bits per heavy atom. The van der Waals surface area contributed by atoms with Gasteiger partial charge in [0.2, 0.25) is 5.91 Å². The van der Waals surface area contributed by atoms with Gasteiger partial charge in [-0.2, -0.15) is 5.26 Å². The summed E-state index contributed by atoms with van der Waals surface area (Å²) < 4.78 is 0. The highest BCUT2D eigenvalue weighted by atomic mass is 16.3. The number of hydrogen-bond acceptors (Lipinski definition) is 4. The SMILES string of the molecule is C[C@H](O)CN(CC(=O)NC1(C#N)CCCCCC1)c1ccccc1. The topological polar surface area (TPSA) is 76.4 Å². The van der Waals surface area contributed by atoms with Crippen molar-refractivity contribution in [2.45, 2.75) is 57.1 Å². The molecule has 1 aliphatic rings. The quantitative estimate of drug-likeness (QED) is 0.787. The summed E-state index contributed by atoms with van der Waals surface area (Å²) in [5.74, 6) is -0.164. The van der Waals surface area contributed by atoms with Crippen LogP contribution in [0, 0.1) is 11.3 Å². The van der Waals surface area contributed by atoms with E-state index in [4.69, 9.17) is 0 Å². The smallest absolute Gasteiger partial charge is 0.240 e. The summed E-state index contributed by atoms with van der Waals surface area (Å²) >= 11 is 0. The molecule has 1 aliphatic carbocycles. The van der Waals surface area contributed by atoms with Gasteiger partial charge in [0.25, 0.3) is 0 Å². The van der Waals surface area contributed by atoms with Gasteiger partial charge in [-0.1, -0.05) is 43.9 Å². The van der Waals surface area contributed by atoms with Crippen molar-refractivity contribution in [2.75, 3.05) is 18.0 Å². The second kappa shape index (κ2) is 8.70. The molecule has 1 fully saturated rings. The van der Waals surface area contributed by atoms with Crippen molar-refractivity contribution in [1.29, 1.82) is 5.26 Å². The number of para-hydroxylation sites is 1. The fourth-order valence-electron chi connectivity index (χ4n) is 3.30. The van der Waals surface area contributed by atoms with Gasteiger partial charge in [0.15, 0.2) is 0 Å². The van der Waals surface area contributed by atoms with Crippen LogP contribution in [-0.2, 0) is 4.79 Å². The predicted molar refractivity (Wildman–Crippen MR) is 94.5 cm³/mol. The van der Waals surface area contributed by atoms with Crippen LogP contribution in [0.1, 0.15) is 45.4 Å². The molecule has 0 aliphatic heterocycles. The van der Waals surface area contributed by atoms with Crippen molar-refractivity contribution in [3.8, 4) is 6.07 Å². The van der Waals surface area contributed by atoms with Crippen LogP contribution in [0.25, 0.3) is 0 Å². The molecule has 5 nitrogen and oxygen atoms in total. The Bertz CT molecular complexity index is 558. The predicted octanol–water partition coefficient (Wildman–Crippen LogP) is 2.61. The Kier molecular flexibility index (Phi) is 6.62. The summed E-state index contributed by atoms with van der Waals surface area (Å²) in [5.41, 5.74) is 0.154. The molecule has 0 unspecified atom stereocenters. The number of nitrogens with zero attached hydrogens (tertiary/aromatic N) is 2. The van der Waals surface area contributed by atoms with Crippen LogP contribution in [0.2, 0.25) is 0 Å². The summed E-state index contributed by atoms with van der Waals surface area (Å²) in [7, 11) is 0. The second-order valence-corrected chi connectivity index (χ2v) is 6.72. The van der Waals surface area contributed by atoms with Crippen LogP contribution < -0.4 is 10.2 Å². The molecule has 130 valence electrons. The van der Waals surface area contributed by atoms with Gasteiger partial charge < -0.3 is 15.3 Å². The van der Waals surface area contributed by atoms with Crippen LogP contribution in [0.15, 0.2) is 30.3 Å². The van der Waals surface area contributed by atoms with Crippen LogP contribution in [-0.4, -0.2) is 35.7 Å². The maximum Gasteiger partial charge on any atom is 0.240 e. The summed E-state index contributed by atoms with van der Waals surface area (Å²) in [6.07, 6.45) is 5.09. The third kappa shape index (κ3) is 5.24. The molecule has 2 N–H and O–H groups in total. The summed E-state index contributed by atoms with van der Waals surface area (Å²) in [5, 5.41) is 22.3. The third-order valence-electron chi connectivity index (χ3n) is 4.49. The van der Waals surface area contributed by atoms with E-state index in [0.717, 1.165) is 44.2 Å². The molecule has 2 rings (SSSR count). The molecule has 1 aromatic carbocycles. The fraction of sp³-hybridized carbons (Fsp3) is 0.579. The number of carbonyl (C=O) groups is 1. The second-order valence-electron chi connectivity index (χ2n) is 6.72. The Morgan fingerprint density at radius 3 is 2.46 bits per heavy atom. The van der Waals surface area contributed by atoms with Gasteiger partial charge in [-0.15, -0.1) is 0 Å². The van der Waals surface area contributed by atoms with Crippen molar-refractivity contribution in [1.82, 2.24) is 5.32 Å². The Labute approximate surface area is 144 Å². The number of hydrogen-bond donors (Lipinski definition) is 2. The minimum absolute atomic E-state index is 0.137. The van der Waals surface area contributed by atoms with Crippen molar-refractivity contribution in [3.05, 3.63) is 30.3 Å². The molecule has 0 radical (unpaired) electrons. The molecule has 1 aromatic rings. The summed E-state index contributed by atoms with van der Waals surface area (Å²) in [6, 6.07) is 11.9. The highest BCUT2D eigenvalue weighted by Gasteiger charge is 2.32. The van der Waals surface area contributed by atoms with Gasteiger partial charge in [0.05, 0.1) is 18.7 Å². The molecule has 1 saturated carbocycles. The number of benzene rings is 1. The van der Waals surface area contributed by atoms with Crippen LogP contribution >= 0.6 is 0 Å². The minimum Gasteiger partial charge on any atom is -0.392 e. The number of aliphatic hydroxyl groups is 1. The maximum atomic E-state index is 12.6. The lowest BCUT2D eigenvalue weighted by atomic mass is 9.92. The molecular formula is C19H27N3O2. The van der Waals surface area contributed by atoms with E-state index < -0.39 is 11.6 Å². The van der Waals surface area contributed by atoms with Crippen LogP contribution in [0.4, 0.5) is 5.69 Å². The van der Waals surface area contributed by atoms with Gasteiger partial charge in [0, 0.05) is 12.2 Å². The molecule has 0 heterocycles. The van der Waals surface area contributed by atoms with Gasteiger partial charge >= 0.3 is 0 Å². The average Bonchev–Trinajstić information content (AvgIpc) is 2.80. The van der Waals surface area contributed by atoms with Gasteiger partial charge in [-0.3, -0.25) is 4.79 Å². The van der Waals surface area contributed by atoms with E-state index in [1.807, 2.05) is 35.2 Å². The standard InChI is InChI=1S/C19H27N3O2/c1-16(23)13-22(17-9-5-4-6-10-17)14-18(24)21-19(15-20)11-7-2-3-8-12-19/h4-6,9-10,16,23H,2-3,7-8,11-14H2,1H3,(H,21,24)/t16-/m0/s1. The maximum absolute atomic E-state index is 12.6. The Balaban J connectivity index is 2.05. The molecule has 5 heteroatoms. The first-order valence-corrected chi connectivity index (χ1v) is 8.75. The largest absolute Gasteiger partial charge is 0.392 e. The molecule has 0 saturated heterocycles. The number of rotatable bonds is 6. The van der Waals surface area contributed by atoms with E-state index in [1.54, 1.807) is 6.92 Å². The van der Waals surface area contributed by atoms with Crippen LogP contribution in [0.3, 0.4) is 0 Å². The highest BCUT2D eigenvalue weighted by molar-refractivity contribution is 5.82. The molecule has 24 heavy (non-hydrogen) atoms. The number of amides is 1. The molecular weight excluding hydrogens is 302 g/mol. The van der Waals surface area contributed by atoms with Crippen molar-refractivity contribution in [2.24, 2.45) is 0 Å². The first kappa shape index (κ1) is 18.3. The highest BCUT2D eigenvalue weighted by Crippen LogP contribution is 2.26. The summed E-state index contributed by atoms with van der Waals surface area (Å²) in [4.78, 5) is 14.4. The number of anilines is 1. The summed E-state index contributed by atoms with van der Waals surface area (Å²) in [6.45, 7) is 2.21.